The second-order valence-electron chi connectivity index (χ2n) is 3.31. The maximum atomic E-state index is 5.60. The van der Waals surface area contributed by atoms with E-state index in [1.54, 1.807) is 0 Å². The Morgan fingerprint density at radius 1 is 1.64 bits per heavy atom. The molecule has 0 unspecified atom stereocenters. The number of hydrazine groups is 1. The highest BCUT2D eigenvalue weighted by molar-refractivity contribution is 7.80. The molecule has 11 heavy (non-hydrogen) atoms. The lowest BCUT2D eigenvalue weighted by molar-refractivity contribution is 0.440. The van der Waals surface area contributed by atoms with E-state index in [2.05, 4.69) is 19.2 Å². The van der Waals surface area contributed by atoms with Gasteiger partial charge in [-0.05, 0) is 39.1 Å². The van der Waals surface area contributed by atoms with Crippen molar-refractivity contribution in [2.45, 2.75) is 26.3 Å². The van der Waals surface area contributed by atoms with Crippen molar-refractivity contribution < 1.29 is 0 Å². The van der Waals surface area contributed by atoms with Gasteiger partial charge >= 0.3 is 0 Å². The van der Waals surface area contributed by atoms with Crippen LogP contribution >= 0.6 is 12.2 Å². The molecule has 0 atom stereocenters. The van der Waals surface area contributed by atoms with Crippen molar-refractivity contribution in [3.8, 4) is 0 Å². The lowest BCUT2D eigenvalue weighted by atomic mass is 10.0. The molecule has 0 aromatic heterocycles. The number of nitrogens with zero attached hydrogens (tertiary/aromatic N) is 1. The Morgan fingerprint density at radius 2 is 2.18 bits per heavy atom. The first-order valence-corrected chi connectivity index (χ1v) is 3.90. The van der Waals surface area contributed by atoms with Crippen LogP contribution in [-0.2, 0) is 0 Å². The van der Waals surface area contributed by atoms with E-state index in [1.165, 1.54) is 5.01 Å². The van der Waals surface area contributed by atoms with Gasteiger partial charge in [-0.15, -0.1) is 0 Å². The van der Waals surface area contributed by atoms with Gasteiger partial charge in [-0.2, -0.15) is 0 Å². The normalized spacial score (nSPS) is 22.7. The molecule has 1 aliphatic rings. The third-order valence-electron chi connectivity index (χ3n) is 1.60. The van der Waals surface area contributed by atoms with E-state index in [1.807, 2.05) is 13.0 Å². The maximum absolute atomic E-state index is 5.60. The molecule has 1 aliphatic heterocycles. The summed E-state index contributed by atoms with van der Waals surface area (Å²) in [6.45, 7) is 6.04. The van der Waals surface area contributed by atoms with Crippen LogP contribution in [-0.4, -0.2) is 15.7 Å². The highest BCUT2D eigenvalue weighted by Crippen LogP contribution is 2.15. The third kappa shape index (κ3) is 1.70. The molecule has 0 amide bonds. The van der Waals surface area contributed by atoms with Gasteiger partial charge in [-0.3, -0.25) is 5.01 Å². The Morgan fingerprint density at radius 3 is 2.64 bits per heavy atom. The predicted octanol–water partition coefficient (Wildman–Crippen LogP) is 0.733. The molecule has 1 heterocycles. The summed E-state index contributed by atoms with van der Waals surface area (Å²) in [7, 11) is 0. The molecule has 62 valence electrons. The molecule has 0 spiro atoms. The molecular weight excluding hydrogens is 158 g/mol. The molecular formula is C7H13N3S. The fourth-order valence-corrected chi connectivity index (χ4v) is 1.53. The van der Waals surface area contributed by atoms with Crippen molar-refractivity contribution >= 4 is 17.3 Å². The Labute approximate surface area is 72.2 Å². The number of hydrogen-bond acceptors (Lipinski definition) is 2. The molecule has 4 heteroatoms. The average molecular weight is 171 g/mol. The monoisotopic (exact) mass is 171 g/mol. The first-order chi connectivity index (χ1) is 4.92. The molecule has 3 N–H and O–H groups in total. The number of hydrogen-bond donors (Lipinski definition) is 2. The molecule has 0 aromatic carbocycles. The zero-order valence-electron chi connectivity index (χ0n) is 7.01. The number of allylic oxidation sites excluding steroid dienone is 1. The first-order valence-electron chi connectivity index (χ1n) is 3.49. The molecule has 0 aliphatic carbocycles. The highest BCUT2D eigenvalue weighted by atomic mass is 32.1. The van der Waals surface area contributed by atoms with Gasteiger partial charge in [0, 0.05) is 5.70 Å². The summed E-state index contributed by atoms with van der Waals surface area (Å²) in [6, 6.07) is 0. The minimum atomic E-state index is -0.0724. The van der Waals surface area contributed by atoms with Crippen LogP contribution in [0.5, 0.6) is 0 Å². The van der Waals surface area contributed by atoms with E-state index in [0.29, 0.717) is 5.11 Å². The largest absolute Gasteiger partial charge is 0.353 e. The van der Waals surface area contributed by atoms with Gasteiger partial charge in [0.15, 0.2) is 5.11 Å². The fourth-order valence-electron chi connectivity index (χ4n) is 1.12. The lowest BCUT2D eigenvalue weighted by Crippen LogP contribution is -2.55. The van der Waals surface area contributed by atoms with Crippen molar-refractivity contribution in [2.24, 2.45) is 5.84 Å². The Bertz CT molecular complexity index is 220. The van der Waals surface area contributed by atoms with Gasteiger partial charge in [0.05, 0.1) is 5.54 Å². The van der Waals surface area contributed by atoms with Gasteiger partial charge in [0.1, 0.15) is 0 Å². The summed E-state index contributed by atoms with van der Waals surface area (Å²) in [4.78, 5) is 0. The van der Waals surface area contributed by atoms with Crippen LogP contribution in [0.15, 0.2) is 11.8 Å². The van der Waals surface area contributed by atoms with E-state index in [9.17, 15) is 0 Å². The molecule has 0 fully saturated rings. The topological polar surface area (TPSA) is 41.3 Å². The Kier molecular flexibility index (Phi) is 1.90. The van der Waals surface area contributed by atoms with Crippen molar-refractivity contribution in [1.29, 1.82) is 0 Å². The van der Waals surface area contributed by atoms with E-state index in [0.717, 1.165) is 5.70 Å². The van der Waals surface area contributed by atoms with Crippen molar-refractivity contribution in [1.82, 2.24) is 10.3 Å². The predicted molar refractivity (Wildman–Crippen MR) is 49.6 cm³/mol. The van der Waals surface area contributed by atoms with Crippen LogP contribution in [0.3, 0.4) is 0 Å². The van der Waals surface area contributed by atoms with Gasteiger partial charge < -0.3 is 5.32 Å². The number of thiocarbonyl (C=S) groups is 1. The summed E-state index contributed by atoms with van der Waals surface area (Å²) in [5, 5.41) is 5.14. The molecule has 0 saturated heterocycles. The standard InChI is InChI=1S/C7H13N3S/c1-5-4-7(2,3)9-6(11)10(5)8/h4H,8H2,1-3H3,(H,9,11). The highest BCUT2D eigenvalue weighted by Gasteiger charge is 2.24. The Balaban J connectivity index is 2.94. The molecule has 3 nitrogen and oxygen atoms in total. The van der Waals surface area contributed by atoms with Gasteiger partial charge in [0.2, 0.25) is 0 Å². The van der Waals surface area contributed by atoms with Crippen molar-refractivity contribution in [3.05, 3.63) is 11.8 Å². The van der Waals surface area contributed by atoms with Crippen LogP contribution < -0.4 is 11.2 Å². The van der Waals surface area contributed by atoms with E-state index in [4.69, 9.17) is 18.1 Å². The Hall–Kier alpha value is -0.610. The molecule has 0 radical (unpaired) electrons. The van der Waals surface area contributed by atoms with Crippen LogP contribution in [0, 0.1) is 0 Å². The summed E-state index contributed by atoms with van der Waals surface area (Å²) < 4.78 is 0. The zero-order valence-corrected chi connectivity index (χ0v) is 7.83. The summed E-state index contributed by atoms with van der Waals surface area (Å²) >= 11 is 5.00. The number of nitrogens with one attached hydrogen (secondary N) is 1. The SMILES string of the molecule is CC1=CC(C)(C)NC(=S)N1N. The quantitative estimate of drug-likeness (QED) is 0.416. The maximum Gasteiger partial charge on any atom is 0.188 e. The van der Waals surface area contributed by atoms with E-state index < -0.39 is 0 Å². The zero-order chi connectivity index (χ0) is 8.65. The second kappa shape index (κ2) is 2.46. The third-order valence-corrected chi connectivity index (χ3v) is 1.90. The summed E-state index contributed by atoms with van der Waals surface area (Å²) in [5.41, 5.74) is 0.913. The van der Waals surface area contributed by atoms with Crippen LogP contribution in [0.2, 0.25) is 0 Å². The lowest BCUT2D eigenvalue weighted by Gasteiger charge is -2.35. The minimum absolute atomic E-state index is 0.0724. The fraction of sp³-hybridized carbons (Fsp3) is 0.571. The molecule has 0 bridgehead atoms. The van der Waals surface area contributed by atoms with Crippen LogP contribution in [0.1, 0.15) is 20.8 Å². The first kappa shape index (κ1) is 8.49. The van der Waals surface area contributed by atoms with Gasteiger partial charge in [-0.25, -0.2) is 5.84 Å². The smallest absolute Gasteiger partial charge is 0.188 e. The minimum Gasteiger partial charge on any atom is -0.353 e. The van der Waals surface area contributed by atoms with Crippen molar-refractivity contribution in [2.75, 3.05) is 0 Å². The summed E-state index contributed by atoms with van der Waals surface area (Å²) in [5.74, 6) is 5.60. The van der Waals surface area contributed by atoms with E-state index in [-0.39, 0.29) is 5.54 Å². The number of rotatable bonds is 0. The van der Waals surface area contributed by atoms with Gasteiger partial charge in [-0.1, -0.05) is 0 Å². The van der Waals surface area contributed by atoms with Gasteiger partial charge in [0.25, 0.3) is 0 Å². The average Bonchev–Trinajstić information content (AvgIpc) is 1.81. The van der Waals surface area contributed by atoms with Crippen molar-refractivity contribution in [3.63, 3.8) is 0 Å². The number of nitrogens with two attached hydrogens (primary N) is 1. The van der Waals surface area contributed by atoms with Crippen LogP contribution in [0.4, 0.5) is 0 Å². The second-order valence-corrected chi connectivity index (χ2v) is 3.69. The molecule has 1 rings (SSSR count). The van der Waals surface area contributed by atoms with E-state index >= 15 is 0 Å². The summed E-state index contributed by atoms with van der Waals surface area (Å²) in [6.07, 6.45) is 2.04. The molecule has 0 aromatic rings. The van der Waals surface area contributed by atoms with Crippen LogP contribution in [0.25, 0.3) is 0 Å². The molecule has 0 saturated carbocycles.